The minimum atomic E-state index is -0.503. The summed E-state index contributed by atoms with van der Waals surface area (Å²) in [6.07, 6.45) is 1.38. The molecule has 1 heterocycles. The van der Waals surface area contributed by atoms with E-state index < -0.39 is 5.97 Å². The maximum atomic E-state index is 11.5. The van der Waals surface area contributed by atoms with Gasteiger partial charge in [-0.1, -0.05) is 17.7 Å². The van der Waals surface area contributed by atoms with Crippen LogP contribution in [0.15, 0.2) is 18.3 Å². The Morgan fingerprint density at radius 2 is 2.18 bits per heavy atom. The van der Waals surface area contributed by atoms with E-state index >= 15 is 0 Å². The van der Waals surface area contributed by atoms with Gasteiger partial charge in [0.1, 0.15) is 5.56 Å². The van der Waals surface area contributed by atoms with E-state index in [1.54, 1.807) is 6.07 Å². The van der Waals surface area contributed by atoms with Crippen LogP contribution in [-0.4, -0.2) is 18.1 Å². The van der Waals surface area contributed by atoms with Gasteiger partial charge in [-0.3, -0.25) is 4.98 Å². The highest BCUT2D eigenvalue weighted by atomic mass is 35.5. The lowest BCUT2D eigenvalue weighted by atomic mass is 10.1. The Morgan fingerprint density at radius 1 is 1.47 bits per heavy atom. The average molecular weight is 251 g/mol. The van der Waals surface area contributed by atoms with Crippen molar-refractivity contribution in [1.82, 2.24) is 4.98 Å². The number of aryl methyl sites for hydroxylation is 1. The van der Waals surface area contributed by atoms with Crippen molar-refractivity contribution >= 4 is 34.2 Å². The number of halogens is 1. The van der Waals surface area contributed by atoms with Crippen LogP contribution in [0.1, 0.15) is 15.9 Å². The molecule has 0 fully saturated rings. The molecule has 5 heteroatoms. The molecule has 0 aliphatic carbocycles. The summed E-state index contributed by atoms with van der Waals surface area (Å²) in [6.45, 7) is 1.89. The lowest BCUT2D eigenvalue weighted by Crippen LogP contribution is -2.07. The molecule has 2 aromatic rings. The Hall–Kier alpha value is -1.81. The van der Waals surface area contributed by atoms with Gasteiger partial charge < -0.3 is 10.5 Å². The summed E-state index contributed by atoms with van der Waals surface area (Å²) in [4.78, 5) is 15.7. The molecule has 0 saturated carbocycles. The quantitative estimate of drug-likeness (QED) is 0.790. The van der Waals surface area contributed by atoms with Gasteiger partial charge in [0.15, 0.2) is 0 Å². The molecule has 88 valence electrons. The predicted molar refractivity (Wildman–Crippen MR) is 67.2 cm³/mol. The zero-order chi connectivity index (χ0) is 12.6. The van der Waals surface area contributed by atoms with E-state index in [4.69, 9.17) is 17.3 Å². The number of aromatic nitrogens is 1. The van der Waals surface area contributed by atoms with Crippen molar-refractivity contribution in [3.8, 4) is 0 Å². The molecule has 2 N–H and O–H groups in total. The highest BCUT2D eigenvalue weighted by molar-refractivity contribution is 6.35. The van der Waals surface area contributed by atoms with Crippen molar-refractivity contribution in [2.75, 3.05) is 12.8 Å². The number of nitrogens with two attached hydrogens (primary N) is 1. The smallest absolute Gasteiger partial charge is 0.341 e. The fourth-order valence-corrected chi connectivity index (χ4v) is 1.95. The van der Waals surface area contributed by atoms with Crippen LogP contribution in [0.4, 0.5) is 5.69 Å². The Balaban J connectivity index is 2.84. The van der Waals surface area contributed by atoms with Gasteiger partial charge in [-0.25, -0.2) is 4.79 Å². The van der Waals surface area contributed by atoms with Crippen molar-refractivity contribution in [1.29, 1.82) is 0 Å². The van der Waals surface area contributed by atoms with E-state index in [-0.39, 0.29) is 5.56 Å². The average Bonchev–Trinajstić information content (AvgIpc) is 2.33. The molecular formula is C12H11ClN2O2. The standard InChI is InChI=1S/C12H11ClN2O2/c1-6-3-4-8(13)11-9(6)10(14)7(5-15-11)12(16)17-2/h3-5H,1-2H3,(H2,14,15). The molecule has 0 aliphatic heterocycles. The van der Waals surface area contributed by atoms with E-state index in [0.29, 0.717) is 21.6 Å². The maximum absolute atomic E-state index is 11.5. The third-order valence-electron chi connectivity index (χ3n) is 2.62. The Bertz CT molecular complexity index is 611. The predicted octanol–water partition coefficient (Wildman–Crippen LogP) is 2.57. The molecule has 4 nitrogen and oxygen atoms in total. The highest BCUT2D eigenvalue weighted by Gasteiger charge is 2.16. The number of carbonyl (C=O) groups excluding carboxylic acids is 1. The van der Waals surface area contributed by atoms with Crippen LogP contribution in [0, 0.1) is 6.92 Å². The second kappa shape index (κ2) is 4.22. The van der Waals surface area contributed by atoms with Crippen LogP contribution in [0.3, 0.4) is 0 Å². The molecule has 0 aliphatic rings. The summed E-state index contributed by atoms with van der Waals surface area (Å²) in [7, 11) is 1.30. The molecule has 0 spiro atoms. The lowest BCUT2D eigenvalue weighted by Gasteiger charge is -2.10. The summed E-state index contributed by atoms with van der Waals surface area (Å²) < 4.78 is 4.64. The van der Waals surface area contributed by atoms with Crippen LogP contribution >= 0.6 is 11.6 Å². The fraction of sp³-hybridized carbons (Fsp3) is 0.167. The molecule has 1 aromatic heterocycles. The maximum Gasteiger partial charge on any atom is 0.341 e. The van der Waals surface area contributed by atoms with Gasteiger partial charge >= 0.3 is 5.97 Å². The second-order valence-corrected chi connectivity index (χ2v) is 4.07. The van der Waals surface area contributed by atoms with Gasteiger partial charge in [0.2, 0.25) is 0 Å². The number of esters is 1. The van der Waals surface area contributed by atoms with Crippen LogP contribution in [0.25, 0.3) is 10.9 Å². The topological polar surface area (TPSA) is 65.2 Å². The number of benzene rings is 1. The first-order valence-electron chi connectivity index (χ1n) is 4.98. The molecule has 0 amide bonds. The van der Waals surface area contributed by atoms with Gasteiger partial charge in [0.05, 0.1) is 23.3 Å². The number of hydrogen-bond acceptors (Lipinski definition) is 4. The molecule has 0 saturated heterocycles. The van der Waals surface area contributed by atoms with Crippen molar-refractivity contribution in [3.63, 3.8) is 0 Å². The summed E-state index contributed by atoms with van der Waals surface area (Å²) in [5, 5.41) is 1.20. The normalized spacial score (nSPS) is 10.5. The number of rotatable bonds is 1. The van der Waals surface area contributed by atoms with Gasteiger partial charge in [-0.05, 0) is 18.6 Å². The number of pyridine rings is 1. The van der Waals surface area contributed by atoms with Crippen molar-refractivity contribution in [2.24, 2.45) is 0 Å². The molecule has 0 unspecified atom stereocenters. The van der Waals surface area contributed by atoms with Crippen LogP contribution in [-0.2, 0) is 4.74 Å². The molecule has 1 aromatic carbocycles. The molecule has 2 rings (SSSR count). The highest BCUT2D eigenvalue weighted by Crippen LogP contribution is 2.31. The summed E-state index contributed by atoms with van der Waals surface area (Å²) in [5.74, 6) is -0.503. The number of ether oxygens (including phenoxy) is 1. The first kappa shape index (κ1) is 11.7. The molecule has 17 heavy (non-hydrogen) atoms. The van der Waals surface area contributed by atoms with Gasteiger partial charge in [0.25, 0.3) is 0 Å². The SMILES string of the molecule is COC(=O)c1cnc2c(Cl)ccc(C)c2c1N. The lowest BCUT2D eigenvalue weighted by molar-refractivity contribution is 0.0601. The molecule has 0 atom stereocenters. The van der Waals surface area contributed by atoms with E-state index in [1.165, 1.54) is 13.3 Å². The monoisotopic (exact) mass is 250 g/mol. The first-order valence-corrected chi connectivity index (χ1v) is 5.35. The fourth-order valence-electron chi connectivity index (χ4n) is 1.74. The van der Waals surface area contributed by atoms with Crippen LogP contribution in [0.5, 0.6) is 0 Å². The van der Waals surface area contributed by atoms with E-state index in [2.05, 4.69) is 9.72 Å². The van der Waals surface area contributed by atoms with Crippen molar-refractivity contribution in [3.05, 3.63) is 34.5 Å². The third kappa shape index (κ3) is 1.80. The number of fused-ring (bicyclic) bond motifs is 1. The summed E-state index contributed by atoms with van der Waals surface area (Å²) in [5.41, 5.74) is 8.08. The molecule has 0 radical (unpaired) electrons. The summed E-state index contributed by atoms with van der Waals surface area (Å²) >= 11 is 6.03. The minimum absolute atomic E-state index is 0.255. The third-order valence-corrected chi connectivity index (χ3v) is 2.93. The van der Waals surface area contributed by atoms with Gasteiger partial charge in [-0.2, -0.15) is 0 Å². The number of nitrogens with zero attached hydrogens (tertiary/aromatic N) is 1. The number of methoxy groups -OCH3 is 1. The van der Waals surface area contributed by atoms with Crippen LogP contribution < -0.4 is 5.73 Å². The zero-order valence-electron chi connectivity index (χ0n) is 9.45. The van der Waals surface area contributed by atoms with Crippen molar-refractivity contribution < 1.29 is 9.53 Å². The summed E-state index contributed by atoms with van der Waals surface area (Å²) in [6, 6.07) is 3.59. The van der Waals surface area contributed by atoms with Gasteiger partial charge in [0, 0.05) is 11.6 Å². The second-order valence-electron chi connectivity index (χ2n) is 3.67. The van der Waals surface area contributed by atoms with Crippen molar-refractivity contribution in [2.45, 2.75) is 6.92 Å². The molecule has 0 bridgehead atoms. The van der Waals surface area contributed by atoms with E-state index in [1.807, 2.05) is 13.0 Å². The number of anilines is 1. The minimum Gasteiger partial charge on any atom is -0.465 e. The van der Waals surface area contributed by atoms with Gasteiger partial charge in [-0.15, -0.1) is 0 Å². The Kier molecular flexibility index (Phi) is 2.90. The Morgan fingerprint density at radius 3 is 2.82 bits per heavy atom. The van der Waals surface area contributed by atoms with E-state index in [9.17, 15) is 4.79 Å². The largest absolute Gasteiger partial charge is 0.465 e. The number of hydrogen-bond donors (Lipinski definition) is 1. The molecular weight excluding hydrogens is 240 g/mol. The first-order chi connectivity index (χ1) is 8.06. The van der Waals surface area contributed by atoms with E-state index in [0.717, 1.165) is 5.56 Å². The Labute approximate surface area is 103 Å². The number of carbonyl (C=O) groups is 1. The number of nitrogen functional groups attached to an aromatic ring is 1. The van der Waals surface area contributed by atoms with Crippen LogP contribution in [0.2, 0.25) is 5.02 Å². The zero-order valence-corrected chi connectivity index (χ0v) is 10.2.